The topological polar surface area (TPSA) is 26.0 Å². The van der Waals surface area contributed by atoms with Crippen LogP contribution >= 0.6 is 28.3 Å². The Kier molecular flexibility index (Phi) is 5.13. The van der Waals surface area contributed by atoms with Gasteiger partial charge in [0.05, 0.1) is 0 Å². The van der Waals surface area contributed by atoms with Crippen molar-refractivity contribution in [3.8, 4) is 0 Å². The van der Waals surface area contributed by atoms with Crippen LogP contribution in [0.2, 0.25) is 0 Å². The molecule has 1 nitrogen and oxygen atoms in total. The second-order valence-electron chi connectivity index (χ2n) is 4.37. The van der Waals surface area contributed by atoms with E-state index in [-0.39, 0.29) is 23.9 Å². The lowest BCUT2D eigenvalue weighted by molar-refractivity contribution is 0.326. The summed E-state index contributed by atoms with van der Waals surface area (Å²) in [5.74, 6) is 0. The Morgan fingerprint density at radius 2 is 1.71 bits per heavy atom. The van der Waals surface area contributed by atoms with Gasteiger partial charge in [-0.25, -0.2) is 0 Å². The van der Waals surface area contributed by atoms with E-state index in [4.69, 9.17) is 5.73 Å². The summed E-state index contributed by atoms with van der Waals surface area (Å²) in [6.07, 6.45) is 0. The van der Waals surface area contributed by atoms with Crippen molar-refractivity contribution in [3.05, 3.63) is 34.3 Å². The van der Waals surface area contributed by atoms with Crippen LogP contribution in [0.15, 0.2) is 28.7 Å². The van der Waals surface area contributed by atoms with Crippen molar-refractivity contribution in [3.63, 3.8) is 0 Å². The molecule has 0 amide bonds. The molecule has 1 atom stereocenters. The third kappa shape index (κ3) is 3.26. The van der Waals surface area contributed by atoms with Crippen molar-refractivity contribution in [2.45, 2.75) is 26.8 Å². The first-order valence-corrected chi connectivity index (χ1v) is 5.22. The average Bonchev–Trinajstić information content (AvgIpc) is 2.02. The first-order chi connectivity index (χ1) is 5.93. The molecule has 2 N–H and O–H groups in total. The van der Waals surface area contributed by atoms with Crippen LogP contribution in [0, 0.1) is 5.41 Å². The van der Waals surface area contributed by atoms with E-state index in [2.05, 4.69) is 42.8 Å². The summed E-state index contributed by atoms with van der Waals surface area (Å²) >= 11 is 3.51. The van der Waals surface area contributed by atoms with E-state index in [0.717, 1.165) is 4.47 Å². The van der Waals surface area contributed by atoms with Gasteiger partial charge < -0.3 is 5.73 Å². The zero-order valence-corrected chi connectivity index (χ0v) is 11.2. The predicted molar refractivity (Wildman–Crippen MR) is 67.8 cm³/mol. The molecule has 0 aliphatic heterocycles. The molecular weight excluding hydrogens is 261 g/mol. The lowest BCUT2D eigenvalue weighted by Gasteiger charge is -2.28. The van der Waals surface area contributed by atoms with Gasteiger partial charge in [0, 0.05) is 10.5 Å². The van der Waals surface area contributed by atoms with Gasteiger partial charge in [-0.2, -0.15) is 0 Å². The summed E-state index contributed by atoms with van der Waals surface area (Å²) in [6, 6.07) is 8.19. The zero-order valence-electron chi connectivity index (χ0n) is 8.75. The van der Waals surface area contributed by atoms with Crippen molar-refractivity contribution in [1.29, 1.82) is 0 Å². The lowest BCUT2D eigenvalue weighted by atomic mass is 9.83. The summed E-state index contributed by atoms with van der Waals surface area (Å²) < 4.78 is 1.09. The quantitative estimate of drug-likeness (QED) is 0.828. The summed E-state index contributed by atoms with van der Waals surface area (Å²) in [7, 11) is 0. The highest BCUT2D eigenvalue weighted by Crippen LogP contribution is 2.33. The van der Waals surface area contributed by atoms with Crippen LogP contribution in [0.1, 0.15) is 32.4 Å². The van der Waals surface area contributed by atoms with Crippen LogP contribution < -0.4 is 5.73 Å². The van der Waals surface area contributed by atoms with Crippen LogP contribution in [0.5, 0.6) is 0 Å². The molecule has 1 aromatic rings. The van der Waals surface area contributed by atoms with Gasteiger partial charge in [0.2, 0.25) is 0 Å². The number of rotatable bonds is 1. The van der Waals surface area contributed by atoms with Crippen molar-refractivity contribution >= 4 is 28.3 Å². The fourth-order valence-electron chi connectivity index (χ4n) is 1.19. The third-order valence-corrected chi connectivity index (χ3v) is 2.90. The number of benzene rings is 1. The molecule has 0 aromatic heterocycles. The maximum absolute atomic E-state index is 6.14. The largest absolute Gasteiger partial charge is 0.323 e. The first-order valence-electron chi connectivity index (χ1n) is 4.43. The molecule has 0 aliphatic rings. The average molecular weight is 279 g/mol. The molecule has 1 aromatic carbocycles. The predicted octanol–water partition coefficient (Wildman–Crippen LogP) is 3.92. The molecule has 0 heterocycles. The van der Waals surface area contributed by atoms with Crippen molar-refractivity contribution in [1.82, 2.24) is 0 Å². The maximum atomic E-state index is 6.14. The lowest BCUT2D eigenvalue weighted by Crippen LogP contribution is -2.26. The monoisotopic (exact) mass is 277 g/mol. The Morgan fingerprint density at radius 3 is 2.14 bits per heavy atom. The molecule has 0 radical (unpaired) electrons. The van der Waals surface area contributed by atoms with E-state index in [1.54, 1.807) is 0 Å². The van der Waals surface area contributed by atoms with Crippen LogP contribution in [0.3, 0.4) is 0 Å². The molecule has 0 saturated heterocycles. The molecule has 1 rings (SSSR count). The van der Waals surface area contributed by atoms with Crippen molar-refractivity contribution in [2.75, 3.05) is 0 Å². The van der Waals surface area contributed by atoms with E-state index in [9.17, 15) is 0 Å². The molecule has 0 spiro atoms. The van der Waals surface area contributed by atoms with Gasteiger partial charge in [0.1, 0.15) is 0 Å². The highest BCUT2D eigenvalue weighted by Gasteiger charge is 2.23. The van der Waals surface area contributed by atoms with Crippen LogP contribution in [0.25, 0.3) is 0 Å². The van der Waals surface area contributed by atoms with E-state index in [1.165, 1.54) is 5.56 Å². The van der Waals surface area contributed by atoms with E-state index < -0.39 is 0 Å². The summed E-state index contributed by atoms with van der Waals surface area (Å²) in [4.78, 5) is 0. The summed E-state index contributed by atoms with van der Waals surface area (Å²) in [5, 5.41) is 0. The Hall–Kier alpha value is -0.0500. The van der Waals surface area contributed by atoms with Crippen LogP contribution in [0.4, 0.5) is 0 Å². The van der Waals surface area contributed by atoms with Gasteiger partial charge >= 0.3 is 0 Å². The number of nitrogens with two attached hydrogens (primary N) is 1. The second-order valence-corrected chi connectivity index (χ2v) is 5.22. The molecule has 0 unspecified atom stereocenters. The van der Waals surface area contributed by atoms with Crippen molar-refractivity contribution in [2.24, 2.45) is 11.1 Å². The van der Waals surface area contributed by atoms with Gasteiger partial charge in [-0.3, -0.25) is 0 Å². The molecule has 3 heteroatoms. The normalized spacial score (nSPS) is 13.2. The Morgan fingerprint density at radius 1 is 1.21 bits per heavy atom. The Labute approximate surface area is 101 Å². The zero-order chi connectivity index (χ0) is 10.1. The van der Waals surface area contributed by atoms with Crippen molar-refractivity contribution < 1.29 is 0 Å². The van der Waals surface area contributed by atoms with Gasteiger partial charge in [0.15, 0.2) is 0 Å². The van der Waals surface area contributed by atoms with Crippen LogP contribution in [-0.4, -0.2) is 0 Å². The van der Waals surface area contributed by atoms with Gasteiger partial charge in [-0.05, 0) is 17.0 Å². The van der Waals surface area contributed by atoms with E-state index >= 15 is 0 Å². The molecule has 0 aliphatic carbocycles. The van der Waals surface area contributed by atoms with Crippen LogP contribution in [-0.2, 0) is 0 Å². The molecule has 80 valence electrons. The highest BCUT2D eigenvalue weighted by molar-refractivity contribution is 9.10. The fourth-order valence-corrected chi connectivity index (χ4v) is 1.73. The second kappa shape index (κ2) is 5.15. The molecule has 0 bridgehead atoms. The van der Waals surface area contributed by atoms with E-state index in [1.807, 2.05) is 18.2 Å². The summed E-state index contributed by atoms with van der Waals surface area (Å²) in [6.45, 7) is 6.45. The Bertz CT molecular complexity index is 294. The highest BCUT2D eigenvalue weighted by atomic mass is 79.9. The smallest absolute Gasteiger partial charge is 0.0355 e. The minimum Gasteiger partial charge on any atom is -0.323 e. The van der Waals surface area contributed by atoms with Gasteiger partial charge in [-0.15, -0.1) is 12.4 Å². The number of hydrogen-bond acceptors (Lipinski definition) is 1. The van der Waals surface area contributed by atoms with E-state index in [0.29, 0.717) is 0 Å². The number of halogens is 2. The molecule has 0 fully saturated rings. The minimum atomic E-state index is 0. The summed E-state index contributed by atoms with van der Waals surface area (Å²) in [5.41, 5.74) is 7.42. The molecular formula is C11H17BrClN. The maximum Gasteiger partial charge on any atom is 0.0355 e. The first kappa shape index (κ1) is 13.9. The molecule has 0 saturated carbocycles. The SMILES string of the molecule is CC(C)(C)[C@@H](N)c1ccccc1Br.Cl. The Balaban J connectivity index is 0.00000169. The minimum absolute atomic E-state index is 0. The molecule has 14 heavy (non-hydrogen) atoms. The standard InChI is InChI=1S/C11H16BrN.ClH/c1-11(2,3)10(13)8-6-4-5-7-9(8)12;/h4-7,10H,13H2,1-3H3;1H/t10-;/m0./s1. The van der Waals surface area contributed by atoms with Gasteiger partial charge in [0.25, 0.3) is 0 Å². The fraction of sp³-hybridized carbons (Fsp3) is 0.455. The van der Waals surface area contributed by atoms with Gasteiger partial charge in [-0.1, -0.05) is 54.9 Å². The third-order valence-electron chi connectivity index (χ3n) is 2.17. The number of hydrogen-bond donors (Lipinski definition) is 1.